The lowest BCUT2D eigenvalue weighted by atomic mass is 10.0. The first kappa shape index (κ1) is 15.4. The molecule has 106 valence electrons. The summed E-state index contributed by atoms with van der Waals surface area (Å²) in [7, 11) is 0. The van der Waals surface area contributed by atoms with E-state index in [-0.39, 0.29) is 12.0 Å². The highest BCUT2D eigenvalue weighted by molar-refractivity contribution is 5.76. The maximum absolute atomic E-state index is 11.6. The number of likely N-dealkylation sites (tertiary alicyclic amines) is 1. The fourth-order valence-corrected chi connectivity index (χ4v) is 2.32. The zero-order valence-corrected chi connectivity index (χ0v) is 11.8. The largest absolute Gasteiger partial charge is 0.393 e. The van der Waals surface area contributed by atoms with Crippen molar-refractivity contribution < 1.29 is 9.90 Å². The lowest BCUT2D eigenvalue weighted by molar-refractivity contribution is -0.122. The van der Waals surface area contributed by atoms with Crippen LogP contribution in [0.25, 0.3) is 0 Å². The summed E-state index contributed by atoms with van der Waals surface area (Å²) in [4.78, 5) is 14.1. The van der Waals surface area contributed by atoms with Gasteiger partial charge in [-0.1, -0.05) is 13.3 Å². The summed E-state index contributed by atoms with van der Waals surface area (Å²) in [5, 5.41) is 12.2. The molecule has 1 saturated heterocycles. The minimum Gasteiger partial charge on any atom is -0.393 e. The highest BCUT2D eigenvalue weighted by Gasteiger charge is 2.20. The molecule has 0 spiro atoms. The minimum atomic E-state index is -0.383. The standard InChI is InChI=1S/C14H28N2O2/c1-3-4-9-16-10-7-13(8-11-16)15-14(18)6-5-12(2)17/h12-13,17H,3-11H2,1-2H3,(H,15,18). The highest BCUT2D eigenvalue weighted by Crippen LogP contribution is 2.11. The zero-order chi connectivity index (χ0) is 13.4. The molecule has 0 radical (unpaired) electrons. The van der Waals surface area contributed by atoms with Crippen LogP contribution < -0.4 is 5.32 Å². The summed E-state index contributed by atoms with van der Waals surface area (Å²) in [5.74, 6) is 0.0860. The Kier molecular flexibility index (Phi) is 7.28. The van der Waals surface area contributed by atoms with Crippen LogP contribution in [0.3, 0.4) is 0 Å². The van der Waals surface area contributed by atoms with Crippen molar-refractivity contribution in [1.29, 1.82) is 0 Å². The van der Waals surface area contributed by atoms with Crippen LogP contribution in [0.5, 0.6) is 0 Å². The van der Waals surface area contributed by atoms with E-state index in [0.717, 1.165) is 25.9 Å². The van der Waals surface area contributed by atoms with Crippen molar-refractivity contribution in [2.75, 3.05) is 19.6 Å². The third-order valence-electron chi connectivity index (χ3n) is 3.57. The fraction of sp³-hybridized carbons (Fsp3) is 0.929. The summed E-state index contributed by atoms with van der Waals surface area (Å²) >= 11 is 0. The molecule has 1 atom stereocenters. The van der Waals surface area contributed by atoms with Crippen molar-refractivity contribution in [3.63, 3.8) is 0 Å². The first-order valence-electron chi connectivity index (χ1n) is 7.31. The molecule has 1 heterocycles. The predicted molar refractivity (Wildman–Crippen MR) is 73.4 cm³/mol. The van der Waals surface area contributed by atoms with E-state index < -0.39 is 0 Å². The van der Waals surface area contributed by atoms with Crippen LogP contribution in [0, 0.1) is 0 Å². The van der Waals surface area contributed by atoms with Gasteiger partial charge < -0.3 is 15.3 Å². The van der Waals surface area contributed by atoms with Gasteiger partial charge in [0, 0.05) is 25.6 Å². The molecule has 4 heteroatoms. The number of nitrogens with zero attached hydrogens (tertiary/aromatic N) is 1. The van der Waals surface area contributed by atoms with Gasteiger partial charge in [-0.25, -0.2) is 0 Å². The van der Waals surface area contributed by atoms with Crippen LogP contribution in [-0.4, -0.2) is 47.7 Å². The number of aliphatic hydroxyl groups excluding tert-OH is 1. The normalized spacial score (nSPS) is 19.7. The lowest BCUT2D eigenvalue weighted by Gasteiger charge is -2.32. The third kappa shape index (κ3) is 6.36. The Morgan fingerprint density at radius 2 is 2.11 bits per heavy atom. The zero-order valence-electron chi connectivity index (χ0n) is 11.8. The summed E-state index contributed by atoms with van der Waals surface area (Å²) in [5.41, 5.74) is 0. The fourth-order valence-electron chi connectivity index (χ4n) is 2.32. The first-order chi connectivity index (χ1) is 8.61. The van der Waals surface area contributed by atoms with E-state index in [9.17, 15) is 4.79 Å². The van der Waals surface area contributed by atoms with Gasteiger partial charge >= 0.3 is 0 Å². The van der Waals surface area contributed by atoms with Gasteiger partial charge in [-0.2, -0.15) is 0 Å². The molecule has 0 aliphatic carbocycles. The number of aliphatic hydroxyl groups is 1. The number of hydrogen-bond acceptors (Lipinski definition) is 3. The van der Waals surface area contributed by atoms with Gasteiger partial charge in [-0.3, -0.25) is 4.79 Å². The summed E-state index contributed by atoms with van der Waals surface area (Å²) in [6.45, 7) is 7.33. The van der Waals surface area contributed by atoms with E-state index in [1.165, 1.54) is 19.4 Å². The average molecular weight is 256 g/mol. The smallest absolute Gasteiger partial charge is 0.220 e. The molecule has 1 unspecified atom stereocenters. The lowest BCUT2D eigenvalue weighted by Crippen LogP contribution is -2.44. The van der Waals surface area contributed by atoms with Gasteiger partial charge in [0.25, 0.3) is 0 Å². The molecule has 0 bridgehead atoms. The van der Waals surface area contributed by atoms with Crippen molar-refractivity contribution in [2.45, 2.75) is 64.5 Å². The second-order valence-corrected chi connectivity index (χ2v) is 5.42. The van der Waals surface area contributed by atoms with Crippen molar-refractivity contribution in [1.82, 2.24) is 10.2 Å². The molecule has 1 fully saturated rings. The number of piperidine rings is 1. The van der Waals surface area contributed by atoms with Gasteiger partial charge in [0.1, 0.15) is 0 Å². The monoisotopic (exact) mass is 256 g/mol. The van der Waals surface area contributed by atoms with Crippen molar-refractivity contribution in [3.05, 3.63) is 0 Å². The topological polar surface area (TPSA) is 52.6 Å². The molecule has 1 aliphatic heterocycles. The van der Waals surface area contributed by atoms with E-state index >= 15 is 0 Å². The molecule has 18 heavy (non-hydrogen) atoms. The van der Waals surface area contributed by atoms with Crippen LogP contribution in [0.4, 0.5) is 0 Å². The molecule has 0 saturated carbocycles. The number of rotatable bonds is 7. The van der Waals surface area contributed by atoms with Gasteiger partial charge in [-0.15, -0.1) is 0 Å². The van der Waals surface area contributed by atoms with E-state index in [0.29, 0.717) is 18.9 Å². The van der Waals surface area contributed by atoms with Crippen molar-refractivity contribution in [2.24, 2.45) is 0 Å². The molecule has 2 N–H and O–H groups in total. The van der Waals surface area contributed by atoms with Crippen molar-refractivity contribution >= 4 is 5.91 Å². The SMILES string of the molecule is CCCCN1CCC(NC(=O)CCC(C)O)CC1. The van der Waals surface area contributed by atoms with Gasteiger partial charge in [0.15, 0.2) is 0 Å². The Morgan fingerprint density at radius 1 is 1.44 bits per heavy atom. The molecule has 1 rings (SSSR count). The maximum atomic E-state index is 11.6. The minimum absolute atomic E-state index is 0.0860. The van der Waals surface area contributed by atoms with Gasteiger partial charge in [-0.05, 0) is 39.2 Å². The van der Waals surface area contributed by atoms with Crippen LogP contribution in [0.15, 0.2) is 0 Å². The molecular weight excluding hydrogens is 228 g/mol. The average Bonchev–Trinajstić information content (AvgIpc) is 2.35. The molecule has 0 aromatic heterocycles. The third-order valence-corrected chi connectivity index (χ3v) is 3.57. The Balaban J connectivity index is 2.13. The van der Waals surface area contributed by atoms with Gasteiger partial charge in [0.05, 0.1) is 6.10 Å². The van der Waals surface area contributed by atoms with E-state index in [2.05, 4.69) is 17.1 Å². The second-order valence-electron chi connectivity index (χ2n) is 5.42. The number of amides is 1. The maximum Gasteiger partial charge on any atom is 0.220 e. The Hall–Kier alpha value is -0.610. The van der Waals surface area contributed by atoms with Crippen LogP contribution in [0.2, 0.25) is 0 Å². The molecular formula is C14H28N2O2. The molecule has 0 aromatic rings. The quantitative estimate of drug-likeness (QED) is 0.726. The van der Waals surface area contributed by atoms with Crippen LogP contribution >= 0.6 is 0 Å². The Bertz CT molecular complexity index is 236. The van der Waals surface area contributed by atoms with Crippen LogP contribution in [0.1, 0.15) is 52.4 Å². The Morgan fingerprint density at radius 3 is 2.67 bits per heavy atom. The number of unbranched alkanes of at least 4 members (excludes halogenated alkanes) is 1. The Labute approximate surface area is 111 Å². The summed E-state index contributed by atoms with van der Waals surface area (Å²) < 4.78 is 0. The summed E-state index contributed by atoms with van der Waals surface area (Å²) in [6, 6.07) is 0.337. The number of hydrogen-bond donors (Lipinski definition) is 2. The van der Waals surface area contributed by atoms with E-state index in [1.807, 2.05) is 0 Å². The number of nitrogens with one attached hydrogen (secondary N) is 1. The van der Waals surface area contributed by atoms with Crippen LogP contribution in [-0.2, 0) is 4.79 Å². The van der Waals surface area contributed by atoms with E-state index in [4.69, 9.17) is 5.11 Å². The molecule has 1 amide bonds. The van der Waals surface area contributed by atoms with Crippen molar-refractivity contribution in [3.8, 4) is 0 Å². The number of carbonyl (C=O) groups is 1. The van der Waals surface area contributed by atoms with Gasteiger partial charge in [0.2, 0.25) is 5.91 Å². The molecule has 4 nitrogen and oxygen atoms in total. The molecule has 0 aromatic carbocycles. The molecule has 1 aliphatic rings. The number of carbonyl (C=O) groups excluding carboxylic acids is 1. The highest BCUT2D eigenvalue weighted by atomic mass is 16.3. The first-order valence-corrected chi connectivity index (χ1v) is 7.31. The second kappa shape index (κ2) is 8.48. The summed E-state index contributed by atoms with van der Waals surface area (Å²) in [6.07, 6.45) is 5.25. The predicted octanol–water partition coefficient (Wildman–Crippen LogP) is 1.53. The van der Waals surface area contributed by atoms with E-state index in [1.54, 1.807) is 6.92 Å².